The molecule has 1 unspecified atom stereocenters. The van der Waals surface area contributed by atoms with Crippen LogP contribution in [0.25, 0.3) is 0 Å². The zero-order valence-electron chi connectivity index (χ0n) is 14.0. The molecule has 1 aliphatic rings. The molecule has 136 valence electrons. The molecule has 0 fully saturated rings. The Balaban J connectivity index is 1.88. The van der Waals surface area contributed by atoms with Gasteiger partial charge in [0.05, 0.1) is 6.04 Å². The number of fused-ring (bicyclic) bond motifs is 1. The summed E-state index contributed by atoms with van der Waals surface area (Å²) in [5, 5.41) is 5.41. The minimum absolute atomic E-state index is 0.0415. The summed E-state index contributed by atoms with van der Waals surface area (Å²) < 4.78 is 0.809. The fourth-order valence-electron chi connectivity index (χ4n) is 3.21. The first-order valence-corrected chi connectivity index (χ1v) is 10.3. The predicted octanol–water partition coefficient (Wildman–Crippen LogP) is 5.35. The molecule has 1 aromatic heterocycles. The van der Waals surface area contributed by atoms with Crippen LogP contribution in [0.3, 0.4) is 0 Å². The van der Waals surface area contributed by atoms with Gasteiger partial charge in [0.1, 0.15) is 6.54 Å². The lowest BCUT2D eigenvalue weighted by atomic mass is 10.0. The van der Waals surface area contributed by atoms with Crippen molar-refractivity contribution in [2.24, 2.45) is 0 Å². The average Bonchev–Trinajstić information content (AvgIpc) is 3.12. The number of hydrogen-bond donors (Lipinski definition) is 1. The van der Waals surface area contributed by atoms with Crippen LogP contribution in [-0.2, 0) is 4.79 Å². The van der Waals surface area contributed by atoms with Crippen molar-refractivity contribution in [2.45, 2.75) is 6.04 Å². The van der Waals surface area contributed by atoms with Crippen molar-refractivity contribution < 1.29 is 9.59 Å². The minimum Gasteiger partial charge on any atom is -0.324 e. The number of carbonyl (C=O) groups excluding carboxylic acids is 2. The lowest BCUT2D eigenvalue weighted by molar-refractivity contribution is -0.117. The third kappa shape index (κ3) is 3.65. The van der Waals surface area contributed by atoms with Crippen molar-refractivity contribution >= 4 is 56.4 Å². The van der Waals surface area contributed by atoms with E-state index < -0.39 is 6.04 Å². The molecule has 0 radical (unpaired) electrons. The van der Waals surface area contributed by atoms with Crippen molar-refractivity contribution in [2.75, 3.05) is 11.9 Å². The largest absolute Gasteiger partial charge is 0.324 e. The van der Waals surface area contributed by atoms with Crippen LogP contribution in [-0.4, -0.2) is 23.3 Å². The van der Waals surface area contributed by atoms with Crippen molar-refractivity contribution in [3.05, 3.63) is 85.5 Å². The zero-order valence-corrected chi connectivity index (χ0v) is 17.1. The summed E-state index contributed by atoms with van der Waals surface area (Å²) >= 11 is 11.2. The second-order valence-electron chi connectivity index (χ2n) is 6.14. The standard InChI is InChI=1S/C20H14BrClN2O2S/c21-13-4-1-3-12(9-13)20(26)24-11-18(25)23-16-7-6-14(22)10-15(16)19(24)17-5-2-8-27-17/h1-10,19H,11H2,(H,23,25). The van der Waals surface area contributed by atoms with Gasteiger partial charge in [-0.05, 0) is 47.8 Å². The smallest absolute Gasteiger partial charge is 0.255 e. The number of carbonyl (C=O) groups is 2. The molecule has 0 saturated heterocycles. The van der Waals surface area contributed by atoms with Gasteiger partial charge < -0.3 is 10.2 Å². The second kappa shape index (κ2) is 7.46. The predicted molar refractivity (Wildman–Crippen MR) is 111 cm³/mol. The van der Waals surface area contributed by atoms with E-state index in [9.17, 15) is 9.59 Å². The maximum atomic E-state index is 13.3. The Morgan fingerprint density at radius 2 is 2.04 bits per heavy atom. The van der Waals surface area contributed by atoms with Gasteiger partial charge in [0, 0.05) is 31.2 Å². The first-order chi connectivity index (χ1) is 13.0. The van der Waals surface area contributed by atoms with E-state index in [2.05, 4.69) is 21.2 Å². The normalized spacial score (nSPS) is 16.4. The maximum absolute atomic E-state index is 13.3. The Kier molecular flexibility index (Phi) is 5.04. The van der Waals surface area contributed by atoms with E-state index >= 15 is 0 Å². The first-order valence-electron chi connectivity index (χ1n) is 8.22. The number of halogens is 2. The van der Waals surface area contributed by atoms with Gasteiger partial charge in [-0.2, -0.15) is 0 Å². The van der Waals surface area contributed by atoms with E-state index in [4.69, 9.17) is 11.6 Å². The molecular formula is C20H14BrClN2O2S. The van der Waals surface area contributed by atoms with Crippen molar-refractivity contribution in [3.63, 3.8) is 0 Å². The molecule has 1 aliphatic heterocycles. The monoisotopic (exact) mass is 460 g/mol. The van der Waals surface area contributed by atoms with Gasteiger partial charge in [-0.15, -0.1) is 11.3 Å². The lowest BCUT2D eigenvalue weighted by Gasteiger charge is -2.29. The molecule has 1 N–H and O–H groups in total. The van der Waals surface area contributed by atoms with Crippen LogP contribution in [0.5, 0.6) is 0 Å². The van der Waals surface area contributed by atoms with Crippen LogP contribution < -0.4 is 5.32 Å². The Morgan fingerprint density at radius 1 is 1.19 bits per heavy atom. The van der Waals surface area contributed by atoms with Crippen molar-refractivity contribution in [1.29, 1.82) is 0 Å². The van der Waals surface area contributed by atoms with E-state index in [0.717, 1.165) is 14.9 Å². The average molecular weight is 462 g/mol. The summed E-state index contributed by atoms with van der Waals surface area (Å²) in [4.78, 5) is 28.4. The molecule has 0 bridgehead atoms. The van der Waals surface area contributed by atoms with E-state index in [-0.39, 0.29) is 18.4 Å². The Morgan fingerprint density at radius 3 is 2.78 bits per heavy atom. The van der Waals surface area contributed by atoms with Crippen LogP contribution >= 0.6 is 38.9 Å². The molecule has 2 amide bonds. The summed E-state index contributed by atoms with van der Waals surface area (Å²) in [5.41, 5.74) is 2.00. The number of rotatable bonds is 2. The molecule has 1 atom stereocenters. The number of benzene rings is 2. The Bertz CT molecular complexity index is 1020. The van der Waals surface area contributed by atoms with Gasteiger partial charge in [-0.1, -0.05) is 39.7 Å². The van der Waals surface area contributed by atoms with E-state index in [1.807, 2.05) is 29.6 Å². The highest BCUT2D eigenvalue weighted by atomic mass is 79.9. The quantitative estimate of drug-likeness (QED) is 0.559. The molecule has 4 nitrogen and oxygen atoms in total. The summed E-state index contributed by atoms with van der Waals surface area (Å²) in [5.74, 6) is -0.446. The molecule has 2 aromatic carbocycles. The van der Waals surface area contributed by atoms with Crippen molar-refractivity contribution in [1.82, 2.24) is 4.90 Å². The van der Waals surface area contributed by atoms with Gasteiger partial charge in [0.25, 0.3) is 5.91 Å². The molecule has 0 spiro atoms. The Labute approximate surface area is 173 Å². The second-order valence-corrected chi connectivity index (χ2v) is 8.47. The fraction of sp³-hybridized carbons (Fsp3) is 0.100. The number of hydrogen-bond acceptors (Lipinski definition) is 3. The molecule has 2 heterocycles. The number of nitrogens with one attached hydrogen (secondary N) is 1. The van der Waals surface area contributed by atoms with Crippen LogP contribution in [0.1, 0.15) is 26.8 Å². The minimum atomic E-state index is -0.399. The van der Waals surface area contributed by atoms with Gasteiger partial charge in [-0.25, -0.2) is 0 Å². The topological polar surface area (TPSA) is 49.4 Å². The van der Waals surface area contributed by atoms with Crippen LogP contribution in [0, 0.1) is 0 Å². The molecule has 0 aliphatic carbocycles. The van der Waals surface area contributed by atoms with E-state index in [0.29, 0.717) is 16.3 Å². The van der Waals surface area contributed by atoms with Crippen LogP contribution in [0.15, 0.2) is 64.5 Å². The lowest BCUT2D eigenvalue weighted by Crippen LogP contribution is -2.38. The van der Waals surface area contributed by atoms with Crippen LogP contribution in [0.2, 0.25) is 5.02 Å². The molecule has 4 rings (SSSR count). The highest BCUT2D eigenvalue weighted by molar-refractivity contribution is 9.10. The number of thiophene rings is 1. The summed E-state index contributed by atoms with van der Waals surface area (Å²) in [6.07, 6.45) is 0. The van der Waals surface area contributed by atoms with E-state index in [1.54, 1.807) is 46.6 Å². The zero-order chi connectivity index (χ0) is 19.0. The first kappa shape index (κ1) is 18.2. The molecule has 3 aromatic rings. The SMILES string of the molecule is O=C1CN(C(=O)c2cccc(Br)c2)C(c2cccs2)c2cc(Cl)ccc2N1. The van der Waals surface area contributed by atoms with Gasteiger partial charge in [0.2, 0.25) is 5.91 Å². The number of anilines is 1. The molecule has 7 heteroatoms. The highest BCUT2D eigenvalue weighted by Crippen LogP contribution is 2.39. The number of amides is 2. The van der Waals surface area contributed by atoms with Crippen LogP contribution in [0.4, 0.5) is 5.69 Å². The highest BCUT2D eigenvalue weighted by Gasteiger charge is 2.34. The van der Waals surface area contributed by atoms with Gasteiger partial charge >= 0.3 is 0 Å². The summed E-state index contributed by atoms with van der Waals surface area (Å²) in [6, 6.07) is 16.0. The van der Waals surface area contributed by atoms with Gasteiger partial charge in [0.15, 0.2) is 0 Å². The van der Waals surface area contributed by atoms with E-state index in [1.165, 1.54) is 0 Å². The number of nitrogens with zero attached hydrogens (tertiary/aromatic N) is 1. The molecular weight excluding hydrogens is 448 g/mol. The Hall–Kier alpha value is -2.15. The molecule has 27 heavy (non-hydrogen) atoms. The fourth-order valence-corrected chi connectivity index (χ4v) is 4.64. The molecule has 0 saturated carbocycles. The third-order valence-electron chi connectivity index (χ3n) is 4.35. The summed E-state index contributed by atoms with van der Waals surface area (Å²) in [7, 11) is 0. The van der Waals surface area contributed by atoms with Crippen molar-refractivity contribution in [3.8, 4) is 0 Å². The van der Waals surface area contributed by atoms with Gasteiger partial charge in [-0.3, -0.25) is 9.59 Å². The third-order valence-corrected chi connectivity index (χ3v) is 6.01. The summed E-state index contributed by atoms with van der Waals surface area (Å²) in [6.45, 7) is -0.0415. The maximum Gasteiger partial charge on any atom is 0.255 e.